The number of hydrogen-bond donors (Lipinski definition) is 2. The zero-order valence-corrected chi connectivity index (χ0v) is 15.5. The molecule has 134 valence electrons. The Hall–Kier alpha value is -2.35. The third-order valence-electron chi connectivity index (χ3n) is 3.95. The molecule has 0 saturated heterocycles. The third kappa shape index (κ3) is 3.75. The van der Waals surface area contributed by atoms with Crippen molar-refractivity contribution in [1.29, 1.82) is 0 Å². The Balaban J connectivity index is 1.44. The molecule has 2 aliphatic heterocycles. The number of allylic oxidation sites excluding steroid dienone is 2. The van der Waals surface area contributed by atoms with Gasteiger partial charge >= 0.3 is 0 Å². The van der Waals surface area contributed by atoms with Crippen LogP contribution in [-0.2, 0) is 11.3 Å². The first-order chi connectivity index (χ1) is 12.7. The van der Waals surface area contributed by atoms with Gasteiger partial charge in [0, 0.05) is 30.0 Å². The highest BCUT2D eigenvalue weighted by Crippen LogP contribution is 2.41. The molecule has 6 nitrogen and oxygen atoms in total. The van der Waals surface area contributed by atoms with Gasteiger partial charge in [0.1, 0.15) is 5.03 Å². The highest BCUT2D eigenvalue weighted by Gasteiger charge is 2.19. The Labute approximate surface area is 157 Å². The van der Waals surface area contributed by atoms with Crippen LogP contribution in [0.25, 0.3) is 0 Å². The second-order valence-electron chi connectivity index (χ2n) is 6.31. The van der Waals surface area contributed by atoms with Gasteiger partial charge in [-0.15, -0.1) is 0 Å². The van der Waals surface area contributed by atoms with Gasteiger partial charge < -0.3 is 10.1 Å². The molecule has 0 aliphatic carbocycles. The van der Waals surface area contributed by atoms with Gasteiger partial charge in [0.15, 0.2) is 12.0 Å². The summed E-state index contributed by atoms with van der Waals surface area (Å²) in [6, 6.07) is 6.40. The zero-order chi connectivity index (χ0) is 17.9. The lowest BCUT2D eigenvalue weighted by Gasteiger charge is -2.32. The summed E-state index contributed by atoms with van der Waals surface area (Å²) in [5, 5.41) is 6.26. The van der Waals surface area contributed by atoms with Crippen LogP contribution in [0.4, 0.5) is 11.5 Å². The minimum absolute atomic E-state index is 0.103. The first kappa shape index (κ1) is 17.1. The molecule has 0 fully saturated rings. The van der Waals surface area contributed by atoms with E-state index in [1.54, 1.807) is 24.2 Å². The highest BCUT2D eigenvalue weighted by atomic mass is 32.2. The summed E-state index contributed by atoms with van der Waals surface area (Å²) in [4.78, 5) is 9.87. The van der Waals surface area contributed by atoms with Crippen molar-refractivity contribution in [2.75, 3.05) is 5.32 Å². The number of ether oxygens (including phenoxy) is 1. The van der Waals surface area contributed by atoms with Crippen LogP contribution >= 0.6 is 11.8 Å². The molecule has 0 spiro atoms. The molecular formula is C19H21N5OS. The molecule has 1 unspecified atom stereocenters. The molecule has 2 aliphatic rings. The Morgan fingerprint density at radius 1 is 1.27 bits per heavy atom. The van der Waals surface area contributed by atoms with Gasteiger partial charge in [-0.25, -0.2) is 15.4 Å². The fraction of sp³-hybridized carbons (Fsp3) is 0.263. The first-order valence-corrected chi connectivity index (χ1v) is 9.42. The minimum Gasteiger partial charge on any atom is -0.351 e. The van der Waals surface area contributed by atoms with Crippen LogP contribution in [-0.4, -0.2) is 27.3 Å². The van der Waals surface area contributed by atoms with Gasteiger partial charge in [0.2, 0.25) is 0 Å². The minimum atomic E-state index is -0.103. The Morgan fingerprint density at radius 2 is 2.15 bits per heavy atom. The van der Waals surface area contributed by atoms with E-state index in [1.807, 2.05) is 43.3 Å². The van der Waals surface area contributed by atoms with E-state index in [4.69, 9.17) is 4.74 Å². The number of fused-ring (bicyclic) bond motifs is 2. The molecule has 7 heteroatoms. The van der Waals surface area contributed by atoms with Crippen LogP contribution in [0, 0.1) is 0 Å². The van der Waals surface area contributed by atoms with E-state index >= 15 is 0 Å². The lowest BCUT2D eigenvalue weighted by molar-refractivity contribution is -0.0603. The normalized spacial score (nSPS) is 17.8. The average Bonchev–Trinajstić information content (AvgIpc) is 2.65. The van der Waals surface area contributed by atoms with Gasteiger partial charge in [-0.2, -0.15) is 0 Å². The van der Waals surface area contributed by atoms with Crippen molar-refractivity contribution in [3.8, 4) is 0 Å². The van der Waals surface area contributed by atoms with Crippen molar-refractivity contribution < 1.29 is 4.74 Å². The molecule has 0 bridgehead atoms. The van der Waals surface area contributed by atoms with Crippen LogP contribution < -0.4 is 10.7 Å². The topological polar surface area (TPSA) is 62.3 Å². The lowest BCUT2D eigenvalue weighted by atomic mass is 10.2. The first-order valence-electron chi connectivity index (χ1n) is 8.60. The quantitative estimate of drug-likeness (QED) is 0.711. The molecule has 26 heavy (non-hydrogen) atoms. The second kappa shape index (κ2) is 7.49. The summed E-state index contributed by atoms with van der Waals surface area (Å²) in [5.74, 6) is 0.810. The number of aromatic nitrogens is 2. The van der Waals surface area contributed by atoms with Gasteiger partial charge in [-0.05, 0) is 43.7 Å². The number of hydrogen-bond acceptors (Lipinski definition) is 7. The highest BCUT2D eigenvalue weighted by molar-refractivity contribution is 7.99. The van der Waals surface area contributed by atoms with Crippen LogP contribution in [0.1, 0.15) is 19.4 Å². The van der Waals surface area contributed by atoms with E-state index < -0.39 is 0 Å². The number of nitrogens with one attached hydrogen (secondary N) is 2. The third-order valence-corrected chi connectivity index (χ3v) is 5.02. The summed E-state index contributed by atoms with van der Waals surface area (Å²) < 4.78 is 5.92. The maximum Gasteiger partial charge on any atom is 0.163 e. The molecule has 1 atom stereocenters. The smallest absolute Gasteiger partial charge is 0.163 e. The van der Waals surface area contributed by atoms with Crippen LogP contribution in [0.15, 0.2) is 64.9 Å². The average molecular weight is 367 g/mol. The Bertz CT molecular complexity index is 852. The van der Waals surface area contributed by atoms with Crippen molar-refractivity contribution in [3.05, 3.63) is 60.6 Å². The van der Waals surface area contributed by atoms with E-state index in [-0.39, 0.29) is 12.3 Å². The summed E-state index contributed by atoms with van der Waals surface area (Å²) in [6.45, 7) is 4.78. The number of benzene rings is 1. The molecule has 4 rings (SSSR count). The maximum atomic E-state index is 5.92. The monoisotopic (exact) mass is 367 g/mol. The lowest BCUT2D eigenvalue weighted by Crippen LogP contribution is -2.43. The zero-order valence-electron chi connectivity index (χ0n) is 14.7. The van der Waals surface area contributed by atoms with Crippen molar-refractivity contribution in [2.24, 2.45) is 0 Å². The number of hydrazine groups is 1. The molecule has 1 aromatic carbocycles. The maximum absolute atomic E-state index is 5.92. The number of rotatable bonds is 5. The molecular weight excluding hydrogens is 346 g/mol. The van der Waals surface area contributed by atoms with Crippen LogP contribution in [0.3, 0.4) is 0 Å². The van der Waals surface area contributed by atoms with Crippen molar-refractivity contribution in [3.63, 3.8) is 0 Å². The number of nitrogens with zero attached hydrogens (tertiary/aromatic N) is 3. The van der Waals surface area contributed by atoms with Crippen LogP contribution in [0.5, 0.6) is 0 Å². The molecule has 0 saturated carbocycles. The molecule has 3 heterocycles. The van der Waals surface area contributed by atoms with Crippen LogP contribution in [0.2, 0.25) is 0 Å². The summed E-state index contributed by atoms with van der Waals surface area (Å²) in [5.41, 5.74) is 5.66. The Morgan fingerprint density at radius 3 is 3.04 bits per heavy atom. The van der Waals surface area contributed by atoms with E-state index in [2.05, 4.69) is 38.9 Å². The summed E-state index contributed by atoms with van der Waals surface area (Å²) in [7, 11) is 0. The molecule has 0 amide bonds. The predicted molar refractivity (Wildman–Crippen MR) is 103 cm³/mol. The molecule has 2 N–H and O–H groups in total. The summed E-state index contributed by atoms with van der Waals surface area (Å²) >= 11 is 1.64. The van der Waals surface area contributed by atoms with Gasteiger partial charge in [0.05, 0.1) is 11.8 Å². The molecule has 1 aromatic heterocycles. The SMILES string of the molecule is CC(C)OC1C=CC=CN1NCc1ccc2c(c1)Nc1nccnc1S2. The fourth-order valence-electron chi connectivity index (χ4n) is 2.79. The number of anilines is 2. The second-order valence-corrected chi connectivity index (χ2v) is 7.34. The van der Waals surface area contributed by atoms with Gasteiger partial charge in [-0.1, -0.05) is 23.9 Å². The van der Waals surface area contributed by atoms with Crippen molar-refractivity contribution in [1.82, 2.24) is 20.4 Å². The van der Waals surface area contributed by atoms with Crippen molar-refractivity contribution in [2.45, 2.75) is 42.6 Å². The van der Waals surface area contributed by atoms with Gasteiger partial charge in [0.25, 0.3) is 0 Å². The van der Waals surface area contributed by atoms with E-state index in [0.717, 1.165) is 21.4 Å². The molecule has 0 radical (unpaired) electrons. The van der Waals surface area contributed by atoms with E-state index in [9.17, 15) is 0 Å². The Kier molecular flexibility index (Phi) is 4.92. The van der Waals surface area contributed by atoms with E-state index in [1.165, 1.54) is 5.56 Å². The largest absolute Gasteiger partial charge is 0.351 e. The van der Waals surface area contributed by atoms with Crippen molar-refractivity contribution >= 4 is 23.3 Å². The predicted octanol–water partition coefficient (Wildman–Crippen LogP) is 3.83. The standard InChI is InChI=1S/C19H21N5OS/c1-13(2)25-17-5-3-4-10-24(17)22-12-14-6-7-16-15(11-14)23-18-19(26-16)21-9-8-20-18/h3-11,13,17,22H,12H2,1-2H3,(H,20,23). The summed E-state index contributed by atoms with van der Waals surface area (Å²) in [6.07, 6.45) is 11.5. The fourth-order valence-corrected chi connectivity index (χ4v) is 3.66. The molecule has 2 aromatic rings. The van der Waals surface area contributed by atoms with Gasteiger partial charge in [-0.3, -0.25) is 5.01 Å². The van der Waals surface area contributed by atoms with E-state index in [0.29, 0.717) is 6.54 Å².